The molecule has 158 valence electrons. The molecule has 0 radical (unpaired) electrons. The third-order valence-electron chi connectivity index (χ3n) is 6.37. The van der Waals surface area contributed by atoms with Crippen molar-refractivity contribution in [2.45, 2.75) is 31.7 Å². The monoisotopic (exact) mass is 412 g/mol. The first-order chi connectivity index (χ1) is 15.2. The lowest BCUT2D eigenvalue weighted by Gasteiger charge is -2.39. The molecule has 1 saturated carbocycles. The van der Waals surface area contributed by atoms with Gasteiger partial charge in [0.05, 0.1) is 17.3 Å². The number of nitrogens with zero attached hydrogens (tertiary/aromatic N) is 4. The topological polar surface area (TPSA) is 49.3 Å². The van der Waals surface area contributed by atoms with E-state index in [1.54, 1.807) is 6.20 Å². The number of aryl methyl sites for hydroxylation is 1. The minimum Gasteiger partial charge on any atom is -0.336 e. The molecule has 5 nitrogen and oxygen atoms in total. The van der Waals surface area contributed by atoms with Gasteiger partial charge in [-0.15, -0.1) is 0 Å². The zero-order chi connectivity index (χ0) is 21.2. The van der Waals surface area contributed by atoms with E-state index in [4.69, 9.17) is 0 Å². The number of amides is 1. The fourth-order valence-corrected chi connectivity index (χ4v) is 4.47. The van der Waals surface area contributed by atoms with Crippen molar-refractivity contribution in [2.75, 3.05) is 26.2 Å². The summed E-state index contributed by atoms with van der Waals surface area (Å²) in [5.41, 5.74) is 4.01. The molecule has 0 bridgehead atoms. The Morgan fingerprint density at radius 1 is 0.903 bits per heavy atom. The normalized spacial score (nSPS) is 17.2. The number of hydrogen-bond acceptors (Lipinski definition) is 4. The van der Waals surface area contributed by atoms with Crippen LogP contribution in [0.5, 0.6) is 0 Å². The molecule has 0 spiro atoms. The average Bonchev–Trinajstić information content (AvgIpc) is 3.66. The smallest absolute Gasteiger partial charge is 0.257 e. The van der Waals surface area contributed by atoms with Gasteiger partial charge in [-0.2, -0.15) is 0 Å². The van der Waals surface area contributed by atoms with E-state index in [0.717, 1.165) is 24.6 Å². The molecule has 3 aromatic rings. The van der Waals surface area contributed by atoms with Crippen LogP contribution in [-0.2, 0) is 0 Å². The summed E-state index contributed by atoms with van der Waals surface area (Å²) in [6.45, 7) is 5.01. The number of hydrogen-bond donors (Lipinski definition) is 0. The fourth-order valence-electron chi connectivity index (χ4n) is 4.47. The van der Waals surface area contributed by atoms with Crippen LogP contribution in [-0.4, -0.2) is 51.9 Å². The molecular weight excluding hydrogens is 384 g/mol. The van der Waals surface area contributed by atoms with Gasteiger partial charge in [-0.1, -0.05) is 60.7 Å². The molecule has 1 saturated heterocycles. The third-order valence-corrected chi connectivity index (χ3v) is 6.37. The van der Waals surface area contributed by atoms with Crippen molar-refractivity contribution in [3.8, 4) is 0 Å². The molecule has 0 atom stereocenters. The van der Waals surface area contributed by atoms with Gasteiger partial charge in [0.15, 0.2) is 0 Å². The van der Waals surface area contributed by atoms with E-state index in [1.807, 2.05) is 11.8 Å². The largest absolute Gasteiger partial charge is 0.336 e. The Labute approximate surface area is 183 Å². The summed E-state index contributed by atoms with van der Waals surface area (Å²) >= 11 is 0. The molecular formula is C26H28N4O. The molecule has 5 heteroatoms. The lowest BCUT2D eigenvalue weighted by molar-refractivity contribution is 0.0595. The molecule has 5 rings (SSSR count). The lowest BCUT2D eigenvalue weighted by atomic mass is 9.96. The number of aromatic nitrogens is 2. The van der Waals surface area contributed by atoms with Gasteiger partial charge in [0.25, 0.3) is 5.91 Å². The summed E-state index contributed by atoms with van der Waals surface area (Å²) in [6, 6.07) is 21.5. The second-order valence-electron chi connectivity index (χ2n) is 8.55. The summed E-state index contributed by atoms with van der Waals surface area (Å²) in [7, 11) is 0. The number of piperazine rings is 1. The molecule has 1 amide bonds. The van der Waals surface area contributed by atoms with E-state index in [1.165, 1.54) is 24.0 Å². The summed E-state index contributed by atoms with van der Waals surface area (Å²) in [5.74, 6) is 1.45. The molecule has 2 fully saturated rings. The number of carbonyl (C=O) groups is 1. The maximum atomic E-state index is 13.2. The number of carbonyl (C=O) groups excluding carboxylic acids is 1. The third kappa shape index (κ3) is 4.23. The quantitative estimate of drug-likeness (QED) is 0.630. The first-order valence-electron chi connectivity index (χ1n) is 11.2. The molecule has 0 unspecified atom stereocenters. The van der Waals surface area contributed by atoms with E-state index in [-0.39, 0.29) is 11.9 Å². The van der Waals surface area contributed by atoms with Gasteiger partial charge in [0, 0.05) is 38.3 Å². The molecule has 2 heterocycles. The Hall–Kier alpha value is -3.05. The van der Waals surface area contributed by atoms with Crippen LogP contribution in [0.3, 0.4) is 0 Å². The average molecular weight is 413 g/mol. The predicted octanol–water partition coefficient (Wildman–Crippen LogP) is 4.21. The van der Waals surface area contributed by atoms with Gasteiger partial charge in [-0.25, -0.2) is 9.97 Å². The van der Waals surface area contributed by atoms with Crippen molar-refractivity contribution >= 4 is 5.91 Å². The maximum Gasteiger partial charge on any atom is 0.257 e. The summed E-state index contributed by atoms with van der Waals surface area (Å²) in [4.78, 5) is 26.7. The van der Waals surface area contributed by atoms with Crippen molar-refractivity contribution in [3.05, 3.63) is 95.1 Å². The van der Waals surface area contributed by atoms with E-state index in [0.29, 0.717) is 24.6 Å². The van der Waals surface area contributed by atoms with E-state index in [9.17, 15) is 4.79 Å². The number of benzene rings is 2. The van der Waals surface area contributed by atoms with Gasteiger partial charge in [-0.3, -0.25) is 9.69 Å². The van der Waals surface area contributed by atoms with Crippen LogP contribution < -0.4 is 0 Å². The van der Waals surface area contributed by atoms with Crippen LogP contribution in [0.25, 0.3) is 0 Å². The standard InChI is InChI=1S/C26H28N4O/c1-19-23(18-27-25(28-19)22-12-13-22)26(31)30-16-14-29(15-17-30)24(20-8-4-2-5-9-20)21-10-6-3-7-11-21/h2-11,18,22,24H,12-17H2,1H3. The molecule has 1 aliphatic heterocycles. The van der Waals surface area contributed by atoms with Gasteiger partial charge < -0.3 is 4.90 Å². The van der Waals surface area contributed by atoms with E-state index < -0.39 is 0 Å². The SMILES string of the molecule is Cc1nc(C2CC2)ncc1C(=O)N1CCN(C(c2ccccc2)c2ccccc2)CC1. The molecule has 0 N–H and O–H groups in total. The minimum atomic E-state index is 0.0514. The van der Waals surface area contributed by atoms with Crippen LogP contribution >= 0.6 is 0 Å². The van der Waals surface area contributed by atoms with Crippen molar-refractivity contribution in [1.82, 2.24) is 19.8 Å². The first kappa shape index (κ1) is 19.9. The highest BCUT2D eigenvalue weighted by molar-refractivity contribution is 5.95. The Balaban J connectivity index is 1.31. The van der Waals surface area contributed by atoms with Crippen LogP contribution in [0.15, 0.2) is 66.9 Å². The van der Waals surface area contributed by atoms with Crippen molar-refractivity contribution in [2.24, 2.45) is 0 Å². The molecule has 1 aromatic heterocycles. The van der Waals surface area contributed by atoms with Gasteiger partial charge >= 0.3 is 0 Å². The van der Waals surface area contributed by atoms with Crippen LogP contribution in [0.2, 0.25) is 0 Å². The lowest BCUT2D eigenvalue weighted by Crippen LogP contribution is -2.50. The predicted molar refractivity (Wildman–Crippen MR) is 121 cm³/mol. The number of rotatable bonds is 5. The van der Waals surface area contributed by atoms with E-state index >= 15 is 0 Å². The zero-order valence-corrected chi connectivity index (χ0v) is 17.9. The van der Waals surface area contributed by atoms with Crippen LogP contribution in [0, 0.1) is 6.92 Å². The highest BCUT2D eigenvalue weighted by Crippen LogP contribution is 2.38. The Morgan fingerprint density at radius 2 is 1.48 bits per heavy atom. The fraction of sp³-hybridized carbons (Fsp3) is 0.346. The maximum absolute atomic E-state index is 13.2. The highest BCUT2D eigenvalue weighted by atomic mass is 16.2. The Morgan fingerprint density at radius 3 is 2.00 bits per heavy atom. The van der Waals surface area contributed by atoms with Crippen molar-refractivity contribution in [3.63, 3.8) is 0 Å². The summed E-state index contributed by atoms with van der Waals surface area (Å²) in [5, 5.41) is 0. The van der Waals surface area contributed by atoms with Crippen LogP contribution in [0.4, 0.5) is 0 Å². The summed E-state index contributed by atoms with van der Waals surface area (Å²) in [6.07, 6.45) is 4.07. The van der Waals surface area contributed by atoms with Gasteiger partial charge in [0.2, 0.25) is 0 Å². The summed E-state index contributed by atoms with van der Waals surface area (Å²) < 4.78 is 0. The van der Waals surface area contributed by atoms with Crippen LogP contribution in [0.1, 0.15) is 57.8 Å². The van der Waals surface area contributed by atoms with Gasteiger partial charge in [-0.05, 0) is 30.9 Å². The van der Waals surface area contributed by atoms with Gasteiger partial charge in [0.1, 0.15) is 5.82 Å². The molecule has 2 aliphatic rings. The molecule has 31 heavy (non-hydrogen) atoms. The Kier molecular flexibility index (Phi) is 5.51. The second-order valence-corrected chi connectivity index (χ2v) is 8.55. The van der Waals surface area contributed by atoms with Crippen molar-refractivity contribution < 1.29 is 4.79 Å². The second kappa shape index (κ2) is 8.60. The minimum absolute atomic E-state index is 0.0514. The molecule has 1 aliphatic carbocycles. The zero-order valence-electron chi connectivity index (χ0n) is 17.9. The highest BCUT2D eigenvalue weighted by Gasteiger charge is 2.31. The Bertz CT molecular complexity index is 1000. The van der Waals surface area contributed by atoms with Crippen molar-refractivity contribution in [1.29, 1.82) is 0 Å². The molecule has 2 aromatic carbocycles. The first-order valence-corrected chi connectivity index (χ1v) is 11.2. The van der Waals surface area contributed by atoms with E-state index in [2.05, 4.69) is 75.5 Å².